The molecule has 1 heterocycles. The van der Waals surface area contributed by atoms with E-state index in [2.05, 4.69) is 19.0 Å². The van der Waals surface area contributed by atoms with Crippen LogP contribution in [-0.2, 0) is 0 Å². The molecule has 1 fully saturated rings. The summed E-state index contributed by atoms with van der Waals surface area (Å²) >= 11 is 0. The molecular weight excluding hydrogens is 150 g/mol. The molecule has 12 heavy (non-hydrogen) atoms. The second-order valence-electron chi connectivity index (χ2n) is 4.37. The summed E-state index contributed by atoms with van der Waals surface area (Å²) in [6.07, 6.45) is 1.15. The van der Waals surface area contributed by atoms with Crippen molar-refractivity contribution >= 4 is 0 Å². The molecule has 3 nitrogen and oxygen atoms in total. The van der Waals surface area contributed by atoms with Crippen molar-refractivity contribution in [1.82, 2.24) is 4.90 Å². The Morgan fingerprint density at radius 1 is 1.25 bits per heavy atom. The fraction of sp³-hybridized carbons (Fsp3) is 1.00. The molecule has 0 amide bonds. The van der Waals surface area contributed by atoms with Gasteiger partial charge in [0.2, 0.25) is 0 Å². The molecule has 0 aromatic heterocycles. The van der Waals surface area contributed by atoms with Gasteiger partial charge in [0.05, 0.1) is 27.2 Å². The van der Waals surface area contributed by atoms with Gasteiger partial charge in [0.25, 0.3) is 0 Å². The average Bonchev–Trinajstić information content (AvgIpc) is 2.03. The zero-order valence-electron chi connectivity index (χ0n) is 8.42. The van der Waals surface area contributed by atoms with Gasteiger partial charge in [-0.3, -0.25) is 4.90 Å². The average molecular weight is 172 g/mol. The van der Waals surface area contributed by atoms with Crippen molar-refractivity contribution in [2.24, 2.45) is 5.73 Å². The number of likely N-dealkylation sites (N-methyl/N-ethyl adjacent to an activating group) is 1. The minimum atomic E-state index is 0.828. The highest BCUT2D eigenvalue weighted by Gasteiger charge is 2.23. The molecule has 0 unspecified atom stereocenters. The monoisotopic (exact) mass is 172 g/mol. The van der Waals surface area contributed by atoms with E-state index in [-0.39, 0.29) is 0 Å². The molecule has 0 aromatic rings. The van der Waals surface area contributed by atoms with E-state index in [1.165, 1.54) is 37.2 Å². The molecule has 0 aromatic carbocycles. The van der Waals surface area contributed by atoms with Crippen LogP contribution in [0.25, 0.3) is 0 Å². The number of piperazine rings is 1. The first-order chi connectivity index (χ1) is 5.64. The van der Waals surface area contributed by atoms with E-state index in [9.17, 15) is 0 Å². The fourth-order valence-corrected chi connectivity index (χ4v) is 1.59. The number of rotatable bonds is 3. The van der Waals surface area contributed by atoms with Gasteiger partial charge in [0, 0.05) is 13.1 Å². The maximum absolute atomic E-state index is 5.47. The summed E-state index contributed by atoms with van der Waals surface area (Å²) in [4.78, 5) is 2.52. The van der Waals surface area contributed by atoms with Gasteiger partial charge in [-0.05, 0) is 19.5 Å². The van der Waals surface area contributed by atoms with Crippen molar-refractivity contribution in [2.45, 2.75) is 6.42 Å². The van der Waals surface area contributed by atoms with Crippen molar-refractivity contribution < 1.29 is 4.48 Å². The highest BCUT2D eigenvalue weighted by Crippen LogP contribution is 2.06. The summed E-state index contributed by atoms with van der Waals surface area (Å²) in [6, 6.07) is 0. The quantitative estimate of drug-likeness (QED) is 0.594. The van der Waals surface area contributed by atoms with Crippen molar-refractivity contribution in [2.75, 3.05) is 53.4 Å². The predicted molar refractivity (Wildman–Crippen MR) is 52.0 cm³/mol. The lowest BCUT2D eigenvalue weighted by molar-refractivity contribution is -0.894. The molecule has 3 heteroatoms. The predicted octanol–water partition coefficient (Wildman–Crippen LogP) is -0.273. The van der Waals surface area contributed by atoms with Crippen LogP contribution in [-0.4, -0.2) is 62.7 Å². The molecule has 72 valence electrons. The van der Waals surface area contributed by atoms with E-state index in [1.54, 1.807) is 0 Å². The number of nitrogens with zero attached hydrogens (tertiary/aromatic N) is 2. The Kier molecular flexibility index (Phi) is 3.50. The highest BCUT2D eigenvalue weighted by atomic mass is 15.4. The van der Waals surface area contributed by atoms with Crippen LogP contribution >= 0.6 is 0 Å². The third kappa shape index (κ3) is 3.09. The Hall–Kier alpha value is -0.120. The van der Waals surface area contributed by atoms with Crippen LogP contribution in [0.1, 0.15) is 6.42 Å². The molecule has 1 aliphatic heterocycles. The molecule has 0 bridgehead atoms. The number of hydrogen-bond donors (Lipinski definition) is 1. The number of hydrogen-bond acceptors (Lipinski definition) is 2. The molecule has 0 spiro atoms. The maximum atomic E-state index is 5.47. The Bertz CT molecular complexity index is 124. The molecular formula is C9H22N3+. The Morgan fingerprint density at radius 2 is 1.83 bits per heavy atom. The van der Waals surface area contributed by atoms with Crippen LogP contribution in [0.3, 0.4) is 0 Å². The lowest BCUT2D eigenvalue weighted by Crippen LogP contribution is -2.54. The third-order valence-corrected chi connectivity index (χ3v) is 2.72. The first-order valence-electron chi connectivity index (χ1n) is 4.88. The Balaban J connectivity index is 2.18. The third-order valence-electron chi connectivity index (χ3n) is 2.72. The van der Waals surface area contributed by atoms with Crippen LogP contribution in [0.15, 0.2) is 0 Å². The number of quaternary nitrogens is 1. The van der Waals surface area contributed by atoms with Gasteiger partial charge in [-0.2, -0.15) is 0 Å². The van der Waals surface area contributed by atoms with E-state index in [0.29, 0.717) is 0 Å². The van der Waals surface area contributed by atoms with Gasteiger partial charge in [-0.1, -0.05) is 0 Å². The highest BCUT2D eigenvalue weighted by molar-refractivity contribution is 4.62. The van der Waals surface area contributed by atoms with Crippen molar-refractivity contribution in [3.8, 4) is 0 Å². The van der Waals surface area contributed by atoms with E-state index in [4.69, 9.17) is 5.73 Å². The topological polar surface area (TPSA) is 29.3 Å². The smallest absolute Gasteiger partial charge is 0.0912 e. The minimum Gasteiger partial charge on any atom is -0.330 e. The summed E-state index contributed by atoms with van der Waals surface area (Å²) in [6.45, 7) is 7.07. The van der Waals surface area contributed by atoms with Gasteiger partial charge in [-0.15, -0.1) is 0 Å². The SMILES string of the molecule is C[N+]1(C)CCN(CCCN)CC1. The van der Waals surface area contributed by atoms with Gasteiger partial charge >= 0.3 is 0 Å². The Labute approximate surface area is 75.7 Å². The summed E-state index contributed by atoms with van der Waals surface area (Å²) < 4.78 is 1.18. The maximum Gasteiger partial charge on any atom is 0.0912 e. The molecule has 0 saturated carbocycles. The van der Waals surface area contributed by atoms with Gasteiger partial charge in [0.15, 0.2) is 0 Å². The molecule has 1 rings (SSSR count). The van der Waals surface area contributed by atoms with Crippen LogP contribution in [0.5, 0.6) is 0 Å². The lowest BCUT2D eigenvalue weighted by Gasteiger charge is -2.39. The van der Waals surface area contributed by atoms with Crippen LogP contribution in [0, 0.1) is 0 Å². The molecule has 0 radical (unpaired) electrons. The summed E-state index contributed by atoms with van der Waals surface area (Å²) in [7, 11) is 4.61. The van der Waals surface area contributed by atoms with Crippen molar-refractivity contribution in [1.29, 1.82) is 0 Å². The van der Waals surface area contributed by atoms with E-state index in [1.807, 2.05) is 0 Å². The fourth-order valence-electron chi connectivity index (χ4n) is 1.59. The second-order valence-corrected chi connectivity index (χ2v) is 4.37. The summed E-state index contributed by atoms with van der Waals surface area (Å²) in [5.74, 6) is 0. The second kappa shape index (κ2) is 4.21. The Morgan fingerprint density at radius 3 is 2.33 bits per heavy atom. The van der Waals surface area contributed by atoms with Gasteiger partial charge < -0.3 is 10.2 Å². The molecule has 0 atom stereocenters. The van der Waals surface area contributed by atoms with Gasteiger partial charge in [0.1, 0.15) is 0 Å². The van der Waals surface area contributed by atoms with Crippen LogP contribution < -0.4 is 5.73 Å². The zero-order chi connectivity index (χ0) is 9.03. The van der Waals surface area contributed by atoms with E-state index in [0.717, 1.165) is 13.0 Å². The van der Waals surface area contributed by atoms with E-state index >= 15 is 0 Å². The lowest BCUT2D eigenvalue weighted by atomic mass is 10.2. The molecule has 0 aliphatic carbocycles. The van der Waals surface area contributed by atoms with Crippen LogP contribution in [0.2, 0.25) is 0 Å². The summed E-state index contributed by atoms with van der Waals surface area (Å²) in [5.41, 5.74) is 5.47. The van der Waals surface area contributed by atoms with E-state index < -0.39 is 0 Å². The van der Waals surface area contributed by atoms with Crippen molar-refractivity contribution in [3.05, 3.63) is 0 Å². The first kappa shape index (κ1) is 9.96. The largest absolute Gasteiger partial charge is 0.330 e. The van der Waals surface area contributed by atoms with Gasteiger partial charge in [-0.25, -0.2) is 0 Å². The molecule has 1 saturated heterocycles. The summed E-state index contributed by atoms with van der Waals surface area (Å²) in [5, 5.41) is 0. The first-order valence-corrected chi connectivity index (χ1v) is 4.88. The molecule has 1 aliphatic rings. The zero-order valence-corrected chi connectivity index (χ0v) is 8.42. The minimum absolute atomic E-state index is 0.828. The van der Waals surface area contributed by atoms with Crippen molar-refractivity contribution in [3.63, 3.8) is 0 Å². The normalized spacial score (nSPS) is 24.2. The molecule has 2 N–H and O–H groups in total. The van der Waals surface area contributed by atoms with Crippen LogP contribution in [0.4, 0.5) is 0 Å². The number of nitrogens with two attached hydrogens (primary N) is 1. The standard InChI is InChI=1S/C9H22N3/c1-12(2)8-6-11(7-9-12)5-3-4-10/h3-10H2,1-2H3/q+1.